The monoisotopic (exact) mass is 464 g/mol. The van der Waals surface area contributed by atoms with E-state index in [2.05, 4.69) is 19.2 Å². The van der Waals surface area contributed by atoms with Crippen LogP contribution >= 0.6 is 34.5 Å². The Hall–Kier alpha value is -1.31. The Balaban J connectivity index is 2.92. The molecule has 2 amide bonds. The summed E-state index contributed by atoms with van der Waals surface area (Å²) in [5.74, 6) is -1.72. The standard InChI is InChI=1S/C20H30Cl2N2O4S/c1-3-5-7-11-24(12-8-6-4-2)20(28)15(9-10-17(25)26)23-19(27)16-13-14(21)18(22)29-16/h13,15H,3-12H2,1-2H3,(H,23,27)(H,25,26)/t15-/m1/s1. The van der Waals surface area contributed by atoms with E-state index in [0.29, 0.717) is 17.4 Å². The van der Waals surface area contributed by atoms with Crippen LogP contribution in [0.2, 0.25) is 9.36 Å². The van der Waals surface area contributed by atoms with Crippen molar-refractivity contribution in [3.05, 3.63) is 20.3 Å². The molecule has 0 unspecified atom stereocenters. The second-order valence-corrected chi connectivity index (χ2v) is 8.99. The van der Waals surface area contributed by atoms with E-state index >= 15 is 0 Å². The highest BCUT2D eigenvalue weighted by Crippen LogP contribution is 2.31. The lowest BCUT2D eigenvalue weighted by atomic mass is 10.1. The maximum atomic E-state index is 13.2. The number of aliphatic carboxylic acids is 1. The topological polar surface area (TPSA) is 86.7 Å². The fourth-order valence-electron chi connectivity index (χ4n) is 2.87. The maximum Gasteiger partial charge on any atom is 0.303 e. The van der Waals surface area contributed by atoms with Gasteiger partial charge in [-0.15, -0.1) is 11.3 Å². The van der Waals surface area contributed by atoms with Gasteiger partial charge < -0.3 is 15.3 Å². The Morgan fingerprint density at radius 2 is 1.69 bits per heavy atom. The Labute approximate surface area is 186 Å². The van der Waals surface area contributed by atoms with Gasteiger partial charge in [-0.1, -0.05) is 62.7 Å². The molecule has 1 aromatic heterocycles. The van der Waals surface area contributed by atoms with E-state index in [0.717, 1.165) is 49.9 Å². The Bertz CT molecular complexity index is 652. The van der Waals surface area contributed by atoms with Crippen molar-refractivity contribution in [3.8, 4) is 0 Å². The van der Waals surface area contributed by atoms with Crippen LogP contribution in [-0.2, 0) is 9.59 Å². The number of hydrogen-bond acceptors (Lipinski definition) is 4. The van der Waals surface area contributed by atoms with Gasteiger partial charge in [0.2, 0.25) is 5.91 Å². The van der Waals surface area contributed by atoms with Gasteiger partial charge >= 0.3 is 5.97 Å². The Morgan fingerprint density at radius 3 is 2.14 bits per heavy atom. The van der Waals surface area contributed by atoms with E-state index < -0.39 is 17.9 Å². The first-order valence-electron chi connectivity index (χ1n) is 10.1. The van der Waals surface area contributed by atoms with Crippen LogP contribution in [0.1, 0.15) is 74.9 Å². The smallest absolute Gasteiger partial charge is 0.303 e. The molecular weight excluding hydrogens is 435 g/mol. The number of carbonyl (C=O) groups is 3. The van der Waals surface area contributed by atoms with Crippen molar-refractivity contribution in [2.24, 2.45) is 0 Å². The second-order valence-electron chi connectivity index (χ2n) is 6.93. The summed E-state index contributed by atoms with van der Waals surface area (Å²) in [6.45, 7) is 5.39. The highest BCUT2D eigenvalue weighted by molar-refractivity contribution is 7.18. The number of carboxylic acid groups (broad SMARTS) is 1. The number of thiophene rings is 1. The van der Waals surface area contributed by atoms with Crippen LogP contribution in [-0.4, -0.2) is 46.9 Å². The molecule has 1 atom stereocenters. The Kier molecular flexibility index (Phi) is 12.3. The van der Waals surface area contributed by atoms with Gasteiger partial charge in [-0.25, -0.2) is 0 Å². The van der Waals surface area contributed by atoms with Crippen LogP contribution in [0.5, 0.6) is 0 Å². The van der Waals surface area contributed by atoms with Gasteiger partial charge in [0.05, 0.1) is 9.90 Å². The molecule has 0 saturated heterocycles. The summed E-state index contributed by atoms with van der Waals surface area (Å²) in [6, 6.07) is 0.546. The minimum Gasteiger partial charge on any atom is -0.481 e. The predicted octanol–water partition coefficient (Wildman–Crippen LogP) is 5.23. The SMILES string of the molecule is CCCCCN(CCCCC)C(=O)[C@@H](CCC(=O)O)NC(=O)c1cc(Cl)c(Cl)s1. The van der Waals surface area contributed by atoms with Crippen LogP contribution < -0.4 is 5.32 Å². The molecule has 6 nitrogen and oxygen atoms in total. The van der Waals surface area contributed by atoms with E-state index in [1.807, 2.05) is 0 Å². The van der Waals surface area contributed by atoms with Gasteiger partial charge in [0.15, 0.2) is 0 Å². The molecule has 0 aliphatic heterocycles. The van der Waals surface area contributed by atoms with E-state index in [4.69, 9.17) is 28.3 Å². The van der Waals surface area contributed by atoms with Crippen molar-refractivity contribution in [3.63, 3.8) is 0 Å². The van der Waals surface area contributed by atoms with E-state index in [1.165, 1.54) is 6.07 Å². The molecule has 2 N–H and O–H groups in total. The number of carbonyl (C=O) groups excluding carboxylic acids is 2. The summed E-state index contributed by atoms with van der Waals surface area (Å²) in [7, 11) is 0. The average molecular weight is 465 g/mol. The van der Waals surface area contributed by atoms with Crippen LogP contribution in [0.15, 0.2) is 6.07 Å². The van der Waals surface area contributed by atoms with Crippen molar-refractivity contribution in [1.82, 2.24) is 10.2 Å². The first-order chi connectivity index (χ1) is 13.8. The lowest BCUT2D eigenvalue weighted by molar-refractivity contribution is -0.138. The number of halogens is 2. The molecule has 1 rings (SSSR count). The number of nitrogens with zero attached hydrogens (tertiary/aromatic N) is 1. The zero-order valence-electron chi connectivity index (χ0n) is 17.0. The van der Waals surface area contributed by atoms with Crippen molar-refractivity contribution in [1.29, 1.82) is 0 Å². The molecule has 29 heavy (non-hydrogen) atoms. The first kappa shape index (κ1) is 25.7. The molecule has 0 aromatic carbocycles. The second kappa shape index (κ2) is 13.8. The highest BCUT2D eigenvalue weighted by atomic mass is 35.5. The molecule has 1 heterocycles. The van der Waals surface area contributed by atoms with Crippen molar-refractivity contribution in [2.45, 2.75) is 71.3 Å². The summed E-state index contributed by atoms with van der Waals surface area (Å²) < 4.78 is 0.297. The fourth-order valence-corrected chi connectivity index (χ4v) is 4.14. The third kappa shape index (κ3) is 9.36. The van der Waals surface area contributed by atoms with Crippen LogP contribution in [0, 0.1) is 0 Å². The average Bonchev–Trinajstić information content (AvgIpc) is 3.02. The van der Waals surface area contributed by atoms with E-state index in [-0.39, 0.29) is 28.6 Å². The third-order valence-electron chi connectivity index (χ3n) is 4.49. The van der Waals surface area contributed by atoms with Gasteiger partial charge in [-0.3, -0.25) is 14.4 Å². The number of amides is 2. The largest absolute Gasteiger partial charge is 0.481 e. The quantitative estimate of drug-likeness (QED) is 0.369. The number of unbranched alkanes of at least 4 members (excludes halogenated alkanes) is 4. The van der Waals surface area contributed by atoms with Crippen molar-refractivity contribution < 1.29 is 19.5 Å². The minimum absolute atomic E-state index is 0.0325. The van der Waals surface area contributed by atoms with E-state index in [9.17, 15) is 14.4 Å². The lowest BCUT2D eigenvalue weighted by Gasteiger charge is -2.28. The van der Waals surface area contributed by atoms with Crippen LogP contribution in [0.4, 0.5) is 0 Å². The maximum absolute atomic E-state index is 13.2. The van der Waals surface area contributed by atoms with Gasteiger partial charge in [-0.2, -0.15) is 0 Å². The molecule has 0 radical (unpaired) electrons. The summed E-state index contributed by atoms with van der Waals surface area (Å²) >= 11 is 12.9. The zero-order valence-corrected chi connectivity index (χ0v) is 19.3. The fraction of sp³-hybridized carbons (Fsp3) is 0.650. The number of carboxylic acids is 1. The molecule has 9 heteroatoms. The third-order valence-corrected chi connectivity index (χ3v) is 6.36. The van der Waals surface area contributed by atoms with Crippen LogP contribution in [0.25, 0.3) is 0 Å². The molecule has 0 bridgehead atoms. The summed E-state index contributed by atoms with van der Waals surface area (Å²) in [4.78, 5) is 38.8. The summed E-state index contributed by atoms with van der Waals surface area (Å²) in [5, 5.41) is 12.0. The molecule has 0 aliphatic carbocycles. The highest BCUT2D eigenvalue weighted by Gasteiger charge is 2.27. The van der Waals surface area contributed by atoms with Gasteiger partial charge in [-0.05, 0) is 25.3 Å². The molecule has 0 fully saturated rings. The number of nitrogens with one attached hydrogen (secondary N) is 1. The molecule has 164 valence electrons. The molecule has 0 saturated carbocycles. The number of hydrogen-bond donors (Lipinski definition) is 2. The first-order valence-corrected chi connectivity index (χ1v) is 11.6. The van der Waals surface area contributed by atoms with Crippen molar-refractivity contribution >= 4 is 52.3 Å². The van der Waals surface area contributed by atoms with Crippen LogP contribution in [0.3, 0.4) is 0 Å². The lowest BCUT2D eigenvalue weighted by Crippen LogP contribution is -2.49. The Morgan fingerprint density at radius 1 is 1.10 bits per heavy atom. The van der Waals surface area contributed by atoms with Gasteiger partial charge in [0, 0.05) is 19.5 Å². The summed E-state index contributed by atoms with van der Waals surface area (Å²) in [5.41, 5.74) is 0. The minimum atomic E-state index is -1.01. The van der Waals surface area contributed by atoms with Crippen molar-refractivity contribution in [2.75, 3.05) is 13.1 Å². The molecule has 0 aliphatic rings. The molecular formula is C20H30Cl2N2O4S. The van der Waals surface area contributed by atoms with Gasteiger partial charge in [0.25, 0.3) is 5.91 Å². The molecule has 0 spiro atoms. The number of rotatable bonds is 14. The van der Waals surface area contributed by atoms with E-state index in [1.54, 1.807) is 4.90 Å². The zero-order chi connectivity index (χ0) is 21.8. The predicted molar refractivity (Wildman–Crippen MR) is 118 cm³/mol. The van der Waals surface area contributed by atoms with Gasteiger partial charge in [0.1, 0.15) is 10.4 Å². The normalized spacial score (nSPS) is 11.9. The summed E-state index contributed by atoms with van der Waals surface area (Å²) in [6.07, 6.45) is 5.68. The molecule has 1 aromatic rings.